The summed E-state index contributed by atoms with van der Waals surface area (Å²) in [7, 11) is 0. The van der Waals surface area contributed by atoms with Gasteiger partial charge in [0.2, 0.25) is 0 Å². The zero-order chi connectivity index (χ0) is 10.4. The van der Waals surface area contributed by atoms with Crippen LogP contribution in [0, 0.1) is 0 Å². The molecule has 0 fully saturated rings. The summed E-state index contributed by atoms with van der Waals surface area (Å²) in [5.41, 5.74) is 1.38. The maximum Gasteiger partial charge on any atom is 0.335 e. The Morgan fingerprint density at radius 3 is 2.57 bits per heavy atom. The highest BCUT2D eigenvalue weighted by Gasteiger charge is 2.00. The molecule has 0 saturated heterocycles. The third kappa shape index (κ3) is 3.03. The predicted octanol–water partition coefficient (Wildman–Crippen LogP) is 1.66. The van der Waals surface area contributed by atoms with Crippen molar-refractivity contribution in [1.29, 1.82) is 0 Å². The van der Waals surface area contributed by atoms with Crippen molar-refractivity contribution in [3.8, 4) is 0 Å². The normalized spacial score (nSPS) is 9.71. The van der Waals surface area contributed by atoms with Crippen LogP contribution in [0.2, 0.25) is 0 Å². The molecule has 1 rings (SSSR count). The second kappa shape index (κ2) is 5.19. The molecule has 0 aliphatic carbocycles. The lowest BCUT2D eigenvalue weighted by Gasteiger charge is -2.02. The fourth-order valence-corrected chi connectivity index (χ4v) is 1.08. The molecule has 1 aromatic carbocycles. The van der Waals surface area contributed by atoms with Gasteiger partial charge in [-0.1, -0.05) is 18.2 Å². The minimum atomic E-state index is -0.893. The van der Waals surface area contributed by atoms with Crippen molar-refractivity contribution < 1.29 is 9.90 Å². The van der Waals surface area contributed by atoms with Crippen LogP contribution in [-0.2, 0) is 6.54 Å². The number of hydrogen-bond acceptors (Lipinski definition) is 2. The Balaban J connectivity index is 2.55. The quantitative estimate of drug-likeness (QED) is 0.549. The van der Waals surface area contributed by atoms with Gasteiger partial charge in [-0.05, 0) is 17.7 Å². The van der Waals surface area contributed by atoms with E-state index in [-0.39, 0.29) is 0 Å². The smallest absolute Gasteiger partial charge is 0.335 e. The number of carboxylic acids is 1. The Bertz CT molecular complexity index is 317. The highest BCUT2D eigenvalue weighted by Crippen LogP contribution is 2.03. The van der Waals surface area contributed by atoms with Crippen LogP contribution in [0.4, 0.5) is 0 Å². The van der Waals surface area contributed by atoms with Gasteiger partial charge in [0.1, 0.15) is 0 Å². The molecule has 0 radical (unpaired) electrons. The van der Waals surface area contributed by atoms with E-state index in [0.29, 0.717) is 5.56 Å². The molecule has 0 aliphatic rings. The average molecular weight is 191 g/mol. The molecular weight excluding hydrogens is 178 g/mol. The minimum absolute atomic E-state index is 0.317. The third-order valence-corrected chi connectivity index (χ3v) is 1.82. The van der Waals surface area contributed by atoms with E-state index in [1.54, 1.807) is 30.3 Å². The van der Waals surface area contributed by atoms with Gasteiger partial charge in [0, 0.05) is 13.1 Å². The number of benzene rings is 1. The van der Waals surface area contributed by atoms with E-state index >= 15 is 0 Å². The standard InChI is InChI=1S/C11H13NO2/c1-2-7-12-8-9-3-5-10(6-4-9)11(13)14/h2-6,12H,1,7-8H2,(H,13,14). The Hall–Kier alpha value is -1.61. The molecular formula is C11H13NO2. The topological polar surface area (TPSA) is 49.3 Å². The number of nitrogens with one attached hydrogen (secondary N) is 1. The number of carboxylic acid groups (broad SMARTS) is 1. The van der Waals surface area contributed by atoms with Crippen LogP contribution in [0.5, 0.6) is 0 Å². The lowest BCUT2D eigenvalue weighted by Crippen LogP contribution is -2.12. The summed E-state index contributed by atoms with van der Waals surface area (Å²) in [6, 6.07) is 6.82. The molecule has 0 bridgehead atoms. The van der Waals surface area contributed by atoms with E-state index in [1.807, 2.05) is 0 Å². The van der Waals surface area contributed by atoms with Gasteiger partial charge in [-0.2, -0.15) is 0 Å². The van der Waals surface area contributed by atoms with Crippen molar-refractivity contribution in [3.63, 3.8) is 0 Å². The van der Waals surface area contributed by atoms with Crippen LogP contribution in [0.3, 0.4) is 0 Å². The molecule has 0 spiro atoms. The van der Waals surface area contributed by atoms with Crippen molar-refractivity contribution in [1.82, 2.24) is 5.32 Å². The molecule has 3 heteroatoms. The highest BCUT2D eigenvalue weighted by atomic mass is 16.4. The Morgan fingerprint density at radius 2 is 2.07 bits per heavy atom. The maximum absolute atomic E-state index is 10.5. The first-order valence-corrected chi connectivity index (χ1v) is 4.38. The number of hydrogen-bond donors (Lipinski definition) is 2. The van der Waals surface area contributed by atoms with Crippen LogP contribution in [0.25, 0.3) is 0 Å². The van der Waals surface area contributed by atoms with Crippen molar-refractivity contribution in [2.24, 2.45) is 0 Å². The molecule has 0 heterocycles. The summed E-state index contributed by atoms with van der Waals surface area (Å²) < 4.78 is 0. The van der Waals surface area contributed by atoms with E-state index in [9.17, 15) is 4.79 Å². The zero-order valence-corrected chi connectivity index (χ0v) is 7.86. The van der Waals surface area contributed by atoms with Gasteiger partial charge in [0.05, 0.1) is 5.56 Å². The first-order chi connectivity index (χ1) is 6.74. The van der Waals surface area contributed by atoms with Gasteiger partial charge < -0.3 is 10.4 Å². The van der Waals surface area contributed by atoms with E-state index in [2.05, 4.69) is 11.9 Å². The van der Waals surface area contributed by atoms with Gasteiger partial charge in [-0.25, -0.2) is 4.79 Å². The summed E-state index contributed by atoms with van der Waals surface area (Å²) in [6.45, 7) is 5.07. The molecule has 3 nitrogen and oxygen atoms in total. The summed E-state index contributed by atoms with van der Waals surface area (Å²) in [4.78, 5) is 10.5. The molecule has 14 heavy (non-hydrogen) atoms. The molecule has 0 amide bonds. The third-order valence-electron chi connectivity index (χ3n) is 1.82. The van der Waals surface area contributed by atoms with Crippen LogP contribution < -0.4 is 5.32 Å². The predicted molar refractivity (Wildman–Crippen MR) is 55.3 cm³/mol. The summed E-state index contributed by atoms with van der Waals surface area (Å²) in [6.07, 6.45) is 1.78. The van der Waals surface area contributed by atoms with E-state index in [4.69, 9.17) is 5.11 Å². The minimum Gasteiger partial charge on any atom is -0.478 e. The van der Waals surface area contributed by atoms with Gasteiger partial charge in [-0.15, -0.1) is 6.58 Å². The molecule has 0 saturated carbocycles. The lowest BCUT2D eigenvalue weighted by atomic mass is 10.1. The van der Waals surface area contributed by atoms with Gasteiger partial charge in [-0.3, -0.25) is 0 Å². The number of aromatic carboxylic acids is 1. The fraction of sp³-hybridized carbons (Fsp3) is 0.182. The molecule has 0 atom stereocenters. The van der Waals surface area contributed by atoms with Gasteiger partial charge in [0.15, 0.2) is 0 Å². The monoisotopic (exact) mass is 191 g/mol. The molecule has 1 aromatic rings. The highest BCUT2D eigenvalue weighted by molar-refractivity contribution is 5.87. The van der Waals surface area contributed by atoms with E-state index in [1.165, 1.54) is 0 Å². The Labute approximate surface area is 83.1 Å². The molecule has 0 unspecified atom stereocenters. The summed E-state index contributed by atoms with van der Waals surface area (Å²) >= 11 is 0. The Kier molecular flexibility index (Phi) is 3.88. The van der Waals surface area contributed by atoms with Crippen LogP contribution in [0.15, 0.2) is 36.9 Å². The van der Waals surface area contributed by atoms with Crippen molar-refractivity contribution >= 4 is 5.97 Å². The number of carbonyl (C=O) groups is 1. The van der Waals surface area contributed by atoms with Crippen LogP contribution in [-0.4, -0.2) is 17.6 Å². The van der Waals surface area contributed by atoms with Gasteiger partial charge in [0.25, 0.3) is 0 Å². The second-order valence-corrected chi connectivity index (χ2v) is 2.92. The van der Waals surface area contributed by atoms with Crippen molar-refractivity contribution in [2.75, 3.05) is 6.54 Å². The van der Waals surface area contributed by atoms with Crippen molar-refractivity contribution in [3.05, 3.63) is 48.0 Å². The zero-order valence-electron chi connectivity index (χ0n) is 7.86. The first kappa shape index (κ1) is 10.5. The summed E-state index contributed by atoms with van der Waals surface area (Å²) in [5, 5.41) is 11.8. The molecule has 0 aliphatic heterocycles. The van der Waals surface area contributed by atoms with Gasteiger partial charge >= 0.3 is 5.97 Å². The average Bonchev–Trinajstić information content (AvgIpc) is 2.19. The molecule has 0 aromatic heterocycles. The summed E-state index contributed by atoms with van der Waals surface area (Å²) in [5.74, 6) is -0.893. The first-order valence-electron chi connectivity index (χ1n) is 4.38. The van der Waals surface area contributed by atoms with Crippen LogP contribution in [0.1, 0.15) is 15.9 Å². The van der Waals surface area contributed by atoms with E-state index in [0.717, 1.165) is 18.7 Å². The maximum atomic E-state index is 10.5. The largest absolute Gasteiger partial charge is 0.478 e. The Morgan fingerprint density at radius 1 is 1.43 bits per heavy atom. The lowest BCUT2D eigenvalue weighted by molar-refractivity contribution is 0.0697. The van der Waals surface area contributed by atoms with E-state index < -0.39 is 5.97 Å². The van der Waals surface area contributed by atoms with Crippen LogP contribution >= 0.6 is 0 Å². The molecule has 2 N–H and O–H groups in total. The number of rotatable bonds is 5. The van der Waals surface area contributed by atoms with Crippen molar-refractivity contribution in [2.45, 2.75) is 6.54 Å². The second-order valence-electron chi connectivity index (χ2n) is 2.92. The fourth-order valence-electron chi connectivity index (χ4n) is 1.08. The SMILES string of the molecule is C=CCNCc1ccc(C(=O)O)cc1. The molecule has 74 valence electrons.